The van der Waals surface area contributed by atoms with Crippen molar-refractivity contribution in [2.45, 2.75) is 64.2 Å². The Bertz CT molecular complexity index is 1390. The number of aryl methyl sites for hydroxylation is 1. The van der Waals surface area contributed by atoms with Crippen molar-refractivity contribution >= 4 is 29.3 Å². The largest absolute Gasteiger partial charge is 0.348 e. The van der Waals surface area contributed by atoms with Gasteiger partial charge >= 0.3 is 0 Å². The Hall–Kier alpha value is -4.54. The molecule has 2 aromatic carbocycles. The second-order valence-corrected chi connectivity index (χ2v) is 10.3. The van der Waals surface area contributed by atoms with E-state index in [4.69, 9.17) is 0 Å². The topological polar surface area (TPSA) is 149 Å². The molecule has 11 heteroatoms. The van der Waals surface area contributed by atoms with Gasteiger partial charge in [0.2, 0.25) is 17.7 Å². The SMILES string of the molecule is CC[C@@H](C)[C@H](NC(=O)c1ccccc1)C(=O)N[C@H]1CCc2cccc3c2N(C1=O)[C@H](C(=O)NCc1cn[nH]n1)C3. The van der Waals surface area contributed by atoms with Crippen molar-refractivity contribution in [2.75, 3.05) is 4.90 Å². The van der Waals surface area contributed by atoms with E-state index in [9.17, 15) is 19.2 Å². The standard InChI is InChI=1S/C29H33N7O4/c1-3-17(2)24(33-26(37)19-8-5-4-6-9-19)28(39)32-22-13-12-18-10-7-11-20-14-23(36(25(18)20)29(22)40)27(38)30-15-21-16-31-35-34-21/h4-11,16-17,22-24H,3,12-15H2,1-2H3,(H,30,38)(H,32,39)(H,33,37)(H,31,34,35)/t17-,22+,23+,24+/m1/s1. The predicted molar refractivity (Wildman–Crippen MR) is 147 cm³/mol. The van der Waals surface area contributed by atoms with Crippen molar-refractivity contribution in [1.29, 1.82) is 0 Å². The van der Waals surface area contributed by atoms with Crippen LogP contribution in [0, 0.1) is 5.92 Å². The minimum Gasteiger partial charge on any atom is -0.348 e. The number of H-pyrrole nitrogens is 1. The Morgan fingerprint density at radius 3 is 2.60 bits per heavy atom. The number of hydrogen-bond donors (Lipinski definition) is 4. The lowest BCUT2D eigenvalue weighted by atomic mass is 9.96. The summed E-state index contributed by atoms with van der Waals surface area (Å²) < 4.78 is 0. The molecule has 11 nitrogen and oxygen atoms in total. The van der Waals surface area contributed by atoms with E-state index >= 15 is 0 Å². The minimum absolute atomic E-state index is 0.167. The van der Waals surface area contributed by atoms with Crippen LogP contribution in [0.15, 0.2) is 54.7 Å². The maximum Gasteiger partial charge on any atom is 0.251 e. The third kappa shape index (κ3) is 5.45. The molecule has 208 valence electrons. The second-order valence-electron chi connectivity index (χ2n) is 10.3. The Morgan fingerprint density at radius 2 is 1.88 bits per heavy atom. The van der Waals surface area contributed by atoms with Crippen LogP contribution in [0.4, 0.5) is 5.69 Å². The van der Waals surface area contributed by atoms with Gasteiger partial charge in [0, 0.05) is 12.0 Å². The van der Waals surface area contributed by atoms with Crippen LogP contribution in [0.25, 0.3) is 0 Å². The van der Waals surface area contributed by atoms with Gasteiger partial charge in [-0.1, -0.05) is 56.7 Å². The van der Waals surface area contributed by atoms with Crippen LogP contribution in [0.1, 0.15) is 53.9 Å². The summed E-state index contributed by atoms with van der Waals surface area (Å²) in [5.74, 6) is -1.59. The average Bonchev–Trinajstić information content (AvgIpc) is 3.61. The third-order valence-electron chi connectivity index (χ3n) is 7.75. The fourth-order valence-electron chi connectivity index (χ4n) is 5.36. The number of carbonyl (C=O) groups excluding carboxylic acids is 4. The molecule has 4 amide bonds. The number of rotatable bonds is 9. The average molecular weight is 544 g/mol. The highest BCUT2D eigenvalue weighted by atomic mass is 16.2. The molecule has 3 aromatic rings. The molecule has 0 spiro atoms. The third-order valence-corrected chi connectivity index (χ3v) is 7.75. The van der Waals surface area contributed by atoms with Crippen molar-refractivity contribution in [3.63, 3.8) is 0 Å². The second kappa shape index (κ2) is 11.7. The summed E-state index contributed by atoms with van der Waals surface area (Å²) in [6.45, 7) is 4.01. The van der Waals surface area contributed by atoms with E-state index in [-0.39, 0.29) is 30.2 Å². The van der Waals surface area contributed by atoms with E-state index < -0.39 is 24.0 Å². The zero-order valence-corrected chi connectivity index (χ0v) is 22.5. The van der Waals surface area contributed by atoms with Crippen LogP contribution in [-0.4, -0.2) is 57.2 Å². The highest BCUT2D eigenvalue weighted by Gasteiger charge is 2.44. The monoisotopic (exact) mass is 543 g/mol. The molecule has 0 radical (unpaired) electrons. The van der Waals surface area contributed by atoms with Gasteiger partial charge in [0.1, 0.15) is 23.8 Å². The number of aromatic nitrogens is 3. The lowest BCUT2D eigenvalue weighted by molar-refractivity contribution is -0.130. The van der Waals surface area contributed by atoms with Gasteiger partial charge in [0.05, 0.1) is 18.4 Å². The summed E-state index contributed by atoms with van der Waals surface area (Å²) in [7, 11) is 0. The van der Waals surface area contributed by atoms with Crippen LogP contribution in [0.3, 0.4) is 0 Å². The first-order valence-corrected chi connectivity index (χ1v) is 13.6. The molecule has 1 aromatic heterocycles. The number of hydrogen-bond acceptors (Lipinski definition) is 6. The number of benzene rings is 2. The number of amides is 4. The molecule has 0 unspecified atom stereocenters. The molecule has 0 saturated heterocycles. The minimum atomic E-state index is -0.850. The summed E-state index contributed by atoms with van der Waals surface area (Å²) in [5, 5.41) is 18.9. The summed E-state index contributed by atoms with van der Waals surface area (Å²) in [5.41, 5.74) is 3.66. The molecular formula is C29H33N7O4. The van der Waals surface area contributed by atoms with E-state index in [1.54, 1.807) is 29.2 Å². The van der Waals surface area contributed by atoms with Gasteiger partial charge in [-0.3, -0.25) is 24.1 Å². The van der Waals surface area contributed by atoms with Crippen LogP contribution in [-0.2, 0) is 33.8 Å². The summed E-state index contributed by atoms with van der Waals surface area (Å²) >= 11 is 0. The molecule has 2 aliphatic rings. The van der Waals surface area contributed by atoms with Crippen LogP contribution in [0.2, 0.25) is 0 Å². The molecular weight excluding hydrogens is 510 g/mol. The molecule has 4 atom stereocenters. The first-order valence-electron chi connectivity index (χ1n) is 13.6. The van der Waals surface area contributed by atoms with Crippen LogP contribution >= 0.6 is 0 Å². The Balaban J connectivity index is 1.35. The van der Waals surface area contributed by atoms with Gasteiger partial charge in [0.15, 0.2) is 0 Å². The zero-order chi connectivity index (χ0) is 28.2. The predicted octanol–water partition coefficient (Wildman–Crippen LogP) is 1.65. The van der Waals surface area contributed by atoms with E-state index in [0.717, 1.165) is 16.8 Å². The number of anilines is 1. The highest BCUT2D eigenvalue weighted by Crippen LogP contribution is 2.39. The molecule has 3 heterocycles. The first-order chi connectivity index (χ1) is 19.4. The lowest BCUT2D eigenvalue weighted by Crippen LogP contribution is -2.58. The lowest BCUT2D eigenvalue weighted by Gasteiger charge is -2.30. The Labute approximate surface area is 232 Å². The quantitative estimate of drug-likeness (QED) is 0.323. The van der Waals surface area contributed by atoms with E-state index in [1.165, 1.54) is 6.20 Å². The van der Waals surface area contributed by atoms with Crippen molar-refractivity contribution in [2.24, 2.45) is 5.92 Å². The smallest absolute Gasteiger partial charge is 0.251 e. The fraction of sp³-hybridized carbons (Fsp3) is 0.379. The number of para-hydroxylation sites is 1. The van der Waals surface area contributed by atoms with Crippen molar-refractivity contribution < 1.29 is 19.2 Å². The van der Waals surface area contributed by atoms with E-state index in [2.05, 4.69) is 31.4 Å². The number of carbonyl (C=O) groups is 4. The van der Waals surface area contributed by atoms with Crippen molar-refractivity contribution in [3.8, 4) is 0 Å². The highest BCUT2D eigenvalue weighted by molar-refractivity contribution is 6.08. The van der Waals surface area contributed by atoms with Gasteiger partial charge < -0.3 is 16.0 Å². The zero-order valence-electron chi connectivity index (χ0n) is 22.5. The Morgan fingerprint density at radius 1 is 1.10 bits per heavy atom. The van der Waals surface area contributed by atoms with Crippen molar-refractivity contribution in [1.82, 2.24) is 31.4 Å². The molecule has 40 heavy (non-hydrogen) atoms. The maximum atomic E-state index is 14.0. The number of nitrogens with one attached hydrogen (secondary N) is 4. The van der Waals surface area contributed by atoms with Crippen LogP contribution < -0.4 is 20.9 Å². The first kappa shape index (κ1) is 27.0. The van der Waals surface area contributed by atoms with Gasteiger partial charge in [-0.25, -0.2) is 0 Å². The Kier molecular flexibility index (Phi) is 7.90. The summed E-state index contributed by atoms with van der Waals surface area (Å²) in [6, 6.07) is 12.1. The molecule has 4 N–H and O–H groups in total. The number of aromatic amines is 1. The van der Waals surface area contributed by atoms with Gasteiger partial charge in [-0.15, -0.1) is 0 Å². The molecule has 0 saturated carbocycles. The normalized spacial score (nSPS) is 19.2. The van der Waals surface area contributed by atoms with Crippen LogP contribution in [0.5, 0.6) is 0 Å². The molecule has 0 bridgehead atoms. The van der Waals surface area contributed by atoms with Gasteiger partial charge in [0.25, 0.3) is 5.91 Å². The van der Waals surface area contributed by atoms with Crippen molar-refractivity contribution in [3.05, 3.63) is 77.1 Å². The fourth-order valence-corrected chi connectivity index (χ4v) is 5.36. The molecule has 5 rings (SSSR count). The molecule has 0 fully saturated rings. The summed E-state index contributed by atoms with van der Waals surface area (Å²) in [6.07, 6.45) is 3.50. The maximum absolute atomic E-state index is 14.0. The molecule has 2 aliphatic heterocycles. The van der Waals surface area contributed by atoms with Gasteiger partial charge in [-0.05, 0) is 42.0 Å². The summed E-state index contributed by atoms with van der Waals surface area (Å²) in [4.78, 5) is 55.3. The molecule has 0 aliphatic carbocycles. The van der Waals surface area contributed by atoms with E-state index in [0.29, 0.717) is 36.9 Å². The van der Waals surface area contributed by atoms with E-state index in [1.807, 2.05) is 38.1 Å². The number of nitrogens with zero attached hydrogens (tertiary/aromatic N) is 3. The van der Waals surface area contributed by atoms with Gasteiger partial charge in [-0.2, -0.15) is 15.4 Å².